The molecule has 19 heavy (non-hydrogen) atoms. The second-order valence-electron chi connectivity index (χ2n) is 5.27. The maximum Gasteiger partial charge on any atom is 0.246 e. The topological polar surface area (TPSA) is 83.6 Å². The summed E-state index contributed by atoms with van der Waals surface area (Å²) >= 11 is 0. The van der Waals surface area contributed by atoms with Crippen LogP contribution >= 0.6 is 0 Å². The van der Waals surface area contributed by atoms with E-state index in [-0.39, 0.29) is 35.8 Å². The standard InChI is InChI=1S/C12H20N2O4S/c1-3-19(17,18)7-6-14-8(2)11(15)13-10(12(14)16)9-4-5-9/h8-10H,3-7H2,1-2H3,(H,13,15). The maximum absolute atomic E-state index is 12.3. The third-order valence-electron chi connectivity index (χ3n) is 3.87. The highest BCUT2D eigenvalue weighted by Gasteiger charge is 2.45. The number of piperazine rings is 1. The fourth-order valence-corrected chi connectivity index (χ4v) is 3.04. The molecular formula is C12H20N2O4S. The van der Waals surface area contributed by atoms with Crippen LogP contribution in [0.25, 0.3) is 0 Å². The van der Waals surface area contributed by atoms with E-state index in [0.717, 1.165) is 12.8 Å². The molecule has 1 saturated carbocycles. The summed E-state index contributed by atoms with van der Waals surface area (Å²) in [7, 11) is -3.13. The van der Waals surface area contributed by atoms with E-state index in [9.17, 15) is 18.0 Å². The van der Waals surface area contributed by atoms with E-state index in [1.807, 2.05) is 0 Å². The van der Waals surface area contributed by atoms with Crippen molar-refractivity contribution in [1.82, 2.24) is 10.2 Å². The lowest BCUT2D eigenvalue weighted by atomic mass is 10.0. The number of hydrogen-bond acceptors (Lipinski definition) is 4. The van der Waals surface area contributed by atoms with Crippen molar-refractivity contribution in [3.05, 3.63) is 0 Å². The lowest BCUT2D eigenvalue weighted by molar-refractivity contribution is -0.148. The lowest BCUT2D eigenvalue weighted by Gasteiger charge is -2.37. The molecule has 2 unspecified atom stereocenters. The number of amides is 2. The summed E-state index contributed by atoms with van der Waals surface area (Å²) in [4.78, 5) is 25.5. The number of sulfone groups is 1. The first-order valence-corrected chi connectivity index (χ1v) is 8.49. The summed E-state index contributed by atoms with van der Waals surface area (Å²) in [6.07, 6.45) is 1.90. The Labute approximate surface area is 113 Å². The third-order valence-corrected chi connectivity index (χ3v) is 5.55. The van der Waals surface area contributed by atoms with Gasteiger partial charge in [-0.25, -0.2) is 8.42 Å². The van der Waals surface area contributed by atoms with Gasteiger partial charge in [-0.1, -0.05) is 6.92 Å². The average molecular weight is 288 g/mol. The number of hydrogen-bond donors (Lipinski definition) is 1. The first-order chi connectivity index (χ1) is 8.85. The molecule has 2 fully saturated rings. The number of carbonyl (C=O) groups is 2. The summed E-state index contributed by atoms with van der Waals surface area (Å²) in [5.41, 5.74) is 0. The normalized spacial score (nSPS) is 28.4. The number of rotatable bonds is 5. The van der Waals surface area contributed by atoms with Gasteiger partial charge in [0.05, 0.1) is 5.75 Å². The predicted octanol–water partition coefficient (Wildman–Crippen LogP) is -0.453. The van der Waals surface area contributed by atoms with Gasteiger partial charge in [-0.05, 0) is 25.7 Å². The second kappa shape index (κ2) is 5.11. The van der Waals surface area contributed by atoms with Gasteiger partial charge in [0.15, 0.2) is 9.84 Å². The summed E-state index contributed by atoms with van der Waals surface area (Å²) < 4.78 is 23.1. The molecule has 2 amide bonds. The van der Waals surface area contributed by atoms with Crippen molar-refractivity contribution in [1.29, 1.82) is 0 Å². The van der Waals surface area contributed by atoms with E-state index >= 15 is 0 Å². The molecule has 2 aliphatic rings. The van der Waals surface area contributed by atoms with Crippen LogP contribution in [-0.4, -0.2) is 55.3 Å². The molecule has 7 heteroatoms. The van der Waals surface area contributed by atoms with Crippen molar-refractivity contribution in [2.75, 3.05) is 18.1 Å². The van der Waals surface area contributed by atoms with Crippen molar-refractivity contribution < 1.29 is 18.0 Å². The summed E-state index contributed by atoms with van der Waals surface area (Å²) in [6, 6.07) is -1.04. The predicted molar refractivity (Wildman–Crippen MR) is 70.2 cm³/mol. The Morgan fingerprint density at radius 3 is 2.47 bits per heavy atom. The van der Waals surface area contributed by atoms with Crippen LogP contribution in [0.1, 0.15) is 26.7 Å². The van der Waals surface area contributed by atoms with Crippen molar-refractivity contribution in [3.8, 4) is 0 Å². The van der Waals surface area contributed by atoms with E-state index in [2.05, 4.69) is 5.32 Å². The SMILES string of the molecule is CCS(=O)(=O)CCN1C(=O)C(C2CC2)NC(=O)C1C. The number of nitrogens with one attached hydrogen (secondary N) is 1. The molecule has 0 aromatic rings. The Hall–Kier alpha value is -1.11. The molecule has 2 rings (SSSR count). The van der Waals surface area contributed by atoms with Crippen LogP contribution in [0.15, 0.2) is 0 Å². The fourth-order valence-electron chi connectivity index (χ4n) is 2.28. The Morgan fingerprint density at radius 1 is 1.32 bits per heavy atom. The van der Waals surface area contributed by atoms with Crippen LogP contribution < -0.4 is 5.32 Å². The molecule has 1 N–H and O–H groups in total. The van der Waals surface area contributed by atoms with Gasteiger partial charge >= 0.3 is 0 Å². The van der Waals surface area contributed by atoms with E-state index in [1.165, 1.54) is 4.90 Å². The molecular weight excluding hydrogens is 268 g/mol. The molecule has 0 spiro atoms. The van der Waals surface area contributed by atoms with Gasteiger partial charge in [-0.3, -0.25) is 9.59 Å². The van der Waals surface area contributed by atoms with Crippen LogP contribution in [0.2, 0.25) is 0 Å². The molecule has 0 aromatic carbocycles. The summed E-state index contributed by atoms with van der Waals surface area (Å²) in [5.74, 6) is -0.119. The zero-order chi connectivity index (χ0) is 14.2. The quantitative estimate of drug-likeness (QED) is 0.742. The van der Waals surface area contributed by atoms with Gasteiger partial charge in [-0.15, -0.1) is 0 Å². The molecule has 0 aromatic heterocycles. The van der Waals surface area contributed by atoms with Gasteiger partial charge in [0, 0.05) is 12.3 Å². The zero-order valence-corrected chi connectivity index (χ0v) is 12.1. The lowest BCUT2D eigenvalue weighted by Crippen LogP contribution is -2.63. The highest BCUT2D eigenvalue weighted by Crippen LogP contribution is 2.34. The minimum absolute atomic E-state index is 0.0572. The van der Waals surface area contributed by atoms with Crippen LogP contribution in [-0.2, 0) is 19.4 Å². The Balaban J connectivity index is 2.07. The monoisotopic (exact) mass is 288 g/mol. The van der Waals surface area contributed by atoms with Crippen LogP contribution in [0.5, 0.6) is 0 Å². The van der Waals surface area contributed by atoms with Gasteiger partial charge in [0.2, 0.25) is 11.8 Å². The fraction of sp³-hybridized carbons (Fsp3) is 0.833. The van der Waals surface area contributed by atoms with Crippen LogP contribution in [0.3, 0.4) is 0 Å². The second-order valence-corrected chi connectivity index (χ2v) is 7.74. The number of carbonyl (C=O) groups excluding carboxylic acids is 2. The third kappa shape index (κ3) is 3.08. The minimum Gasteiger partial charge on any atom is -0.342 e. The highest BCUT2D eigenvalue weighted by atomic mass is 32.2. The minimum atomic E-state index is -3.13. The smallest absolute Gasteiger partial charge is 0.246 e. The van der Waals surface area contributed by atoms with Crippen LogP contribution in [0.4, 0.5) is 0 Å². The highest BCUT2D eigenvalue weighted by molar-refractivity contribution is 7.91. The Bertz CT molecular complexity index is 484. The Morgan fingerprint density at radius 2 is 1.95 bits per heavy atom. The van der Waals surface area contributed by atoms with E-state index in [1.54, 1.807) is 13.8 Å². The molecule has 108 valence electrons. The number of nitrogens with zero attached hydrogens (tertiary/aromatic N) is 1. The summed E-state index contributed by atoms with van der Waals surface area (Å²) in [5, 5.41) is 2.74. The maximum atomic E-state index is 12.3. The molecule has 0 radical (unpaired) electrons. The molecule has 1 saturated heterocycles. The molecule has 2 atom stereocenters. The largest absolute Gasteiger partial charge is 0.342 e. The van der Waals surface area contributed by atoms with Gasteiger partial charge in [0.25, 0.3) is 0 Å². The zero-order valence-electron chi connectivity index (χ0n) is 11.3. The molecule has 6 nitrogen and oxygen atoms in total. The van der Waals surface area contributed by atoms with E-state index in [0.29, 0.717) is 0 Å². The van der Waals surface area contributed by atoms with Gasteiger partial charge < -0.3 is 10.2 Å². The van der Waals surface area contributed by atoms with Crippen molar-refractivity contribution in [2.24, 2.45) is 5.92 Å². The first kappa shape index (κ1) is 14.3. The van der Waals surface area contributed by atoms with Crippen molar-refractivity contribution in [3.63, 3.8) is 0 Å². The molecule has 1 aliphatic carbocycles. The van der Waals surface area contributed by atoms with Gasteiger partial charge in [-0.2, -0.15) is 0 Å². The molecule has 0 bridgehead atoms. The summed E-state index contributed by atoms with van der Waals surface area (Å²) in [6.45, 7) is 3.32. The van der Waals surface area contributed by atoms with Crippen LogP contribution in [0, 0.1) is 5.92 Å². The Kier molecular flexibility index (Phi) is 3.85. The average Bonchev–Trinajstić information content (AvgIpc) is 3.18. The molecule has 1 aliphatic heterocycles. The van der Waals surface area contributed by atoms with Crippen molar-refractivity contribution >= 4 is 21.7 Å². The van der Waals surface area contributed by atoms with Crippen molar-refractivity contribution in [2.45, 2.75) is 38.8 Å². The van der Waals surface area contributed by atoms with E-state index in [4.69, 9.17) is 0 Å². The molecule has 1 heterocycles. The first-order valence-electron chi connectivity index (χ1n) is 6.67. The van der Waals surface area contributed by atoms with E-state index < -0.39 is 21.9 Å². The van der Waals surface area contributed by atoms with Gasteiger partial charge in [0.1, 0.15) is 12.1 Å².